The van der Waals surface area contributed by atoms with Crippen LogP contribution in [-0.4, -0.2) is 10.9 Å². The summed E-state index contributed by atoms with van der Waals surface area (Å²) in [6.45, 7) is 0.455. The molecule has 3 aromatic rings. The van der Waals surface area contributed by atoms with E-state index in [2.05, 4.69) is 26.2 Å². The van der Waals surface area contributed by atoms with E-state index in [1.165, 1.54) is 11.3 Å². The number of amides is 1. The molecule has 0 fully saturated rings. The summed E-state index contributed by atoms with van der Waals surface area (Å²) in [5.74, 6) is -0.155. The molecule has 0 aliphatic carbocycles. The molecule has 0 saturated heterocycles. The lowest BCUT2D eigenvalue weighted by atomic mass is 10.2. The van der Waals surface area contributed by atoms with Crippen LogP contribution in [0.1, 0.15) is 15.2 Å². The van der Waals surface area contributed by atoms with E-state index < -0.39 is 0 Å². The van der Waals surface area contributed by atoms with E-state index in [1.807, 2.05) is 30.3 Å². The van der Waals surface area contributed by atoms with Gasteiger partial charge in [-0.15, -0.1) is 11.3 Å². The number of nitrogens with two attached hydrogens (primary N) is 1. The summed E-state index contributed by atoms with van der Waals surface area (Å²) in [6, 6.07) is 9.54. The van der Waals surface area contributed by atoms with Crippen molar-refractivity contribution in [3.05, 3.63) is 57.6 Å². The number of nitrogen functional groups attached to an aromatic ring is 1. The molecule has 0 atom stereocenters. The van der Waals surface area contributed by atoms with E-state index in [4.69, 9.17) is 5.73 Å². The molecule has 2 heterocycles. The van der Waals surface area contributed by atoms with Gasteiger partial charge in [-0.1, -0.05) is 22.0 Å². The van der Waals surface area contributed by atoms with Crippen molar-refractivity contribution < 1.29 is 4.79 Å². The second kappa shape index (κ2) is 5.83. The lowest BCUT2D eigenvalue weighted by Gasteiger charge is -2.04. The SMILES string of the molecule is Nc1c(C(=O)NCc2ccncc2)sc2cccc(Br)c12. The third-order valence-electron chi connectivity index (χ3n) is 3.11. The minimum atomic E-state index is -0.155. The zero-order chi connectivity index (χ0) is 14.8. The third-order valence-corrected chi connectivity index (χ3v) is 4.94. The molecule has 0 unspecified atom stereocenters. The molecule has 4 nitrogen and oxygen atoms in total. The van der Waals surface area contributed by atoms with Crippen LogP contribution >= 0.6 is 27.3 Å². The Bertz CT molecular complexity index is 801. The number of nitrogens with one attached hydrogen (secondary N) is 1. The Kier molecular flexibility index (Phi) is 3.90. The first-order valence-corrected chi connectivity index (χ1v) is 7.91. The van der Waals surface area contributed by atoms with E-state index in [0.29, 0.717) is 17.1 Å². The molecule has 0 spiro atoms. The summed E-state index contributed by atoms with van der Waals surface area (Å²) in [5.41, 5.74) is 7.64. The maximum absolute atomic E-state index is 12.3. The largest absolute Gasteiger partial charge is 0.397 e. The normalized spacial score (nSPS) is 10.7. The van der Waals surface area contributed by atoms with Crippen molar-refractivity contribution in [2.24, 2.45) is 0 Å². The quantitative estimate of drug-likeness (QED) is 0.749. The zero-order valence-electron chi connectivity index (χ0n) is 11.0. The van der Waals surface area contributed by atoms with Crippen LogP contribution in [0.5, 0.6) is 0 Å². The number of anilines is 1. The van der Waals surface area contributed by atoms with Gasteiger partial charge < -0.3 is 11.1 Å². The first kappa shape index (κ1) is 14.0. The average Bonchev–Trinajstić information content (AvgIpc) is 2.84. The highest BCUT2D eigenvalue weighted by molar-refractivity contribution is 9.10. The molecular weight excluding hydrogens is 350 g/mol. The van der Waals surface area contributed by atoms with Crippen LogP contribution in [0.4, 0.5) is 5.69 Å². The fourth-order valence-electron chi connectivity index (χ4n) is 2.06. The average molecular weight is 362 g/mol. The monoisotopic (exact) mass is 361 g/mol. The molecule has 21 heavy (non-hydrogen) atoms. The summed E-state index contributed by atoms with van der Waals surface area (Å²) in [7, 11) is 0. The number of fused-ring (bicyclic) bond motifs is 1. The minimum absolute atomic E-state index is 0.155. The van der Waals surface area contributed by atoms with Crippen LogP contribution in [0.3, 0.4) is 0 Å². The second-order valence-corrected chi connectivity index (χ2v) is 6.40. The number of thiophene rings is 1. The molecule has 1 aromatic carbocycles. The van der Waals surface area contributed by atoms with Crippen LogP contribution in [0.25, 0.3) is 10.1 Å². The van der Waals surface area contributed by atoms with E-state index >= 15 is 0 Å². The van der Waals surface area contributed by atoms with Gasteiger partial charge in [0.05, 0.1) is 5.69 Å². The fourth-order valence-corrected chi connectivity index (χ4v) is 3.84. The van der Waals surface area contributed by atoms with Crippen LogP contribution < -0.4 is 11.1 Å². The summed E-state index contributed by atoms with van der Waals surface area (Å²) in [5, 5.41) is 3.78. The summed E-state index contributed by atoms with van der Waals surface area (Å²) >= 11 is 4.88. The number of pyridine rings is 1. The zero-order valence-corrected chi connectivity index (χ0v) is 13.4. The van der Waals surface area contributed by atoms with Crippen LogP contribution in [0, 0.1) is 0 Å². The van der Waals surface area contributed by atoms with Crippen LogP contribution in [0.2, 0.25) is 0 Å². The molecule has 0 aliphatic heterocycles. The van der Waals surface area contributed by atoms with Crippen LogP contribution in [-0.2, 0) is 6.54 Å². The lowest BCUT2D eigenvalue weighted by Crippen LogP contribution is -2.22. The highest BCUT2D eigenvalue weighted by atomic mass is 79.9. The molecule has 3 N–H and O–H groups in total. The van der Waals surface area contributed by atoms with Gasteiger partial charge >= 0.3 is 0 Å². The lowest BCUT2D eigenvalue weighted by molar-refractivity contribution is 0.0956. The number of halogens is 1. The fraction of sp³-hybridized carbons (Fsp3) is 0.0667. The Hall–Kier alpha value is -1.92. The van der Waals surface area contributed by atoms with Gasteiger partial charge in [-0.3, -0.25) is 9.78 Å². The molecule has 6 heteroatoms. The van der Waals surface area contributed by atoms with E-state index in [9.17, 15) is 4.79 Å². The Balaban J connectivity index is 1.85. The van der Waals surface area contributed by atoms with Gasteiger partial charge in [0.2, 0.25) is 0 Å². The van der Waals surface area contributed by atoms with Gasteiger partial charge in [0.15, 0.2) is 0 Å². The molecular formula is C15H12BrN3OS. The number of aromatic nitrogens is 1. The molecule has 0 radical (unpaired) electrons. The van der Waals surface area contributed by atoms with E-state index in [1.54, 1.807) is 12.4 Å². The van der Waals surface area contributed by atoms with Gasteiger partial charge in [0, 0.05) is 33.5 Å². The Morgan fingerprint density at radius 1 is 1.29 bits per heavy atom. The Morgan fingerprint density at radius 2 is 2.05 bits per heavy atom. The van der Waals surface area contributed by atoms with E-state index in [0.717, 1.165) is 20.1 Å². The number of carbonyl (C=O) groups excluding carboxylic acids is 1. The number of nitrogens with zero attached hydrogens (tertiary/aromatic N) is 1. The highest BCUT2D eigenvalue weighted by Gasteiger charge is 2.17. The number of carbonyl (C=O) groups is 1. The maximum atomic E-state index is 12.3. The Labute approximate surface area is 134 Å². The number of rotatable bonds is 3. The van der Waals surface area contributed by atoms with Crippen molar-refractivity contribution in [1.29, 1.82) is 0 Å². The van der Waals surface area contributed by atoms with Gasteiger partial charge in [-0.2, -0.15) is 0 Å². The third kappa shape index (κ3) is 2.77. The van der Waals surface area contributed by atoms with Crippen molar-refractivity contribution in [2.45, 2.75) is 6.54 Å². The summed E-state index contributed by atoms with van der Waals surface area (Å²) in [6.07, 6.45) is 3.40. The van der Waals surface area contributed by atoms with Gasteiger partial charge in [0.25, 0.3) is 5.91 Å². The second-order valence-electron chi connectivity index (χ2n) is 4.50. The number of hydrogen-bond donors (Lipinski definition) is 2. The maximum Gasteiger partial charge on any atom is 0.263 e. The molecule has 106 valence electrons. The van der Waals surface area contributed by atoms with Crippen LogP contribution in [0.15, 0.2) is 47.2 Å². The standard InChI is InChI=1S/C15H12BrN3OS/c16-10-2-1-3-11-12(10)13(17)14(21-11)15(20)19-8-9-4-6-18-7-5-9/h1-7H,8,17H2,(H,19,20). The molecule has 2 aromatic heterocycles. The van der Waals surface area contributed by atoms with Crippen molar-refractivity contribution >= 4 is 48.9 Å². The first-order valence-electron chi connectivity index (χ1n) is 6.30. The summed E-state index contributed by atoms with van der Waals surface area (Å²) < 4.78 is 1.90. The van der Waals surface area contributed by atoms with Gasteiger partial charge in [-0.05, 0) is 29.8 Å². The number of hydrogen-bond acceptors (Lipinski definition) is 4. The highest BCUT2D eigenvalue weighted by Crippen LogP contribution is 2.38. The van der Waals surface area contributed by atoms with E-state index in [-0.39, 0.29) is 5.91 Å². The van der Waals surface area contributed by atoms with Crippen molar-refractivity contribution in [1.82, 2.24) is 10.3 Å². The molecule has 0 aliphatic rings. The predicted molar refractivity (Wildman–Crippen MR) is 89.3 cm³/mol. The Morgan fingerprint density at radius 3 is 2.76 bits per heavy atom. The predicted octanol–water partition coefficient (Wildman–Crippen LogP) is 3.57. The molecule has 0 bridgehead atoms. The van der Waals surface area contributed by atoms with Crippen molar-refractivity contribution in [2.75, 3.05) is 5.73 Å². The van der Waals surface area contributed by atoms with Crippen molar-refractivity contribution in [3.8, 4) is 0 Å². The van der Waals surface area contributed by atoms with Crippen molar-refractivity contribution in [3.63, 3.8) is 0 Å². The van der Waals surface area contributed by atoms with Gasteiger partial charge in [0.1, 0.15) is 4.88 Å². The number of benzene rings is 1. The molecule has 3 rings (SSSR count). The van der Waals surface area contributed by atoms with Gasteiger partial charge in [-0.25, -0.2) is 0 Å². The smallest absolute Gasteiger partial charge is 0.263 e. The minimum Gasteiger partial charge on any atom is -0.397 e. The molecule has 1 amide bonds. The topological polar surface area (TPSA) is 68.0 Å². The summed E-state index contributed by atoms with van der Waals surface area (Å²) in [4.78, 5) is 16.8. The molecule has 0 saturated carbocycles. The first-order chi connectivity index (χ1) is 10.2.